The molecule has 2 aromatic rings. The van der Waals surface area contributed by atoms with Crippen molar-refractivity contribution >= 4 is 22.9 Å². The Kier molecular flexibility index (Phi) is 3.93. The molecule has 20 heavy (non-hydrogen) atoms. The van der Waals surface area contributed by atoms with Gasteiger partial charge in [0.1, 0.15) is 6.33 Å². The first-order valence-electron chi connectivity index (χ1n) is 6.32. The Morgan fingerprint density at radius 2 is 2.15 bits per heavy atom. The zero-order valence-electron chi connectivity index (χ0n) is 11.8. The zero-order chi connectivity index (χ0) is 14.7. The second kappa shape index (κ2) is 5.64. The molecule has 0 unspecified atom stereocenters. The van der Waals surface area contributed by atoms with E-state index in [2.05, 4.69) is 26.8 Å². The zero-order valence-corrected chi connectivity index (χ0v) is 11.8. The van der Waals surface area contributed by atoms with Crippen molar-refractivity contribution in [2.24, 2.45) is 0 Å². The van der Waals surface area contributed by atoms with Gasteiger partial charge in [0, 0.05) is 11.6 Å². The number of hydrogen-bond acceptors (Lipinski definition) is 4. The fourth-order valence-corrected chi connectivity index (χ4v) is 1.78. The molecule has 0 radical (unpaired) electrons. The van der Waals surface area contributed by atoms with Gasteiger partial charge in [-0.25, -0.2) is 15.0 Å². The fraction of sp³-hybridized carbons (Fsp3) is 0.286. The van der Waals surface area contributed by atoms with Gasteiger partial charge in [-0.3, -0.25) is 4.79 Å². The molecule has 1 N–H and O–H groups in total. The molecule has 2 aromatic heterocycles. The molecule has 2 rings (SSSR count). The Labute approximate surface area is 117 Å². The van der Waals surface area contributed by atoms with Crippen LogP contribution in [0.25, 0.3) is 11.2 Å². The van der Waals surface area contributed by atoms with Crippen molar-refractivity contribution in [1.82, 2.24) is 19.5 Å². The van der Waals surface area contributed by atoms with Crippen molar-refractivity contribution in [2.75, 3.05) is 5.32 Å². The topological polar surface area (TPSA) is 72.7 Å². The SMILES string of the molecule is C=C/C=C(\C)C(=O)Nc1ncnc2c1ncn2C(C)C. The highest BCUT2D eigenvalue weighted by atomic mass is 16.1. The molecule has 6 nitrogen and oxygen atoms in total. The Hall–Kier alpha value is -2.50. The van der Waals surface area contributed by atoms with Gasteiger partial charge >= 0.3 is 0 Å². The van der Waals surface area contributed by atoms with E-state index in [4.69, 9.17) is 0 Å². The average Bonchev–Trinajstić information content (AvgIpc) is 2.84. The van der Waals surface area contributed by atoms with Gasteiger partial charge < -0.3 is 9.88 Å². The third kappa shape index (κ3) is 2.59. The minimum Gasteiger partial charge on any atom is -0.313 e. The number of nitrogens with zero attached hydrogens (tertiary/aromatic N) is 4. The van der Waals surface area contributed by atoms with E-state index >= 15 is 0 Å². The van der Waals surface area contributed by atoms with Crippen molar-refractivity contribution in [2.45, 2.75) is 26.8 Å². The van der Waals surface area contributed by atoms with Crippen LogP contribution in [-0.2, 0) is 4.79 Å². The highest BCUT2D eigenvalue weighted by Crippen LogP contribution is 2.20. The Morgan fingerprint density at radius 3 is 2.80 bits per heavy atom. The molecule has 0 bridgehead atoms. The molecular weight excluding hydrogens is 254 g/mol. The van der Waals surface area contributed by atoms with E-state index in [9.17, 15) is 4.79 Å². The largest absolute Gasteiger partial charge is 0.313 e. The summed E-state index contributed by atoms with van der Waals surface area (Å²) in [5.41, 5.74) is 1.84. The highest BCUT2D eigenvalue weighted by Gasteiger charge is 2.14. The first-order valence-corrected chi connectivity index (χ1v) is 6.32. The van der Waals surface area contributed by atoms with Crippen LogP contribution in [-0.4, -0.2) is 25.4 Å². The summed E-state index contributed by atoms with van der Waals surface area (Å²) in [5, 5.41) is 2.74. The minimum absolute atomic E-state index is 0.232. The molecule has 0 saturated carbocycles. The molecule has 0 saturated heterocycles. The monoisotopic (exact) mass is 271 g/mol. The summed E-state index contributed by atoms with van der Waals surface area (Å²) < 4.78 is 1.93. The van der Waals surface area contributed by atoms with Crippen molar-refractivity contribution in [3.63, 3.8) is 0 Å². The van der Waals surface area contributed by atoms with Gasteiger partial charge in [0.25, 0.3) is 5.91 Å². The maximum absolute atomic E-state index is 12.0. The van der Waals surface area contributed by atoms with Gasteiger partial charge in [-0.15, -0.1) is 0 Å². The van der Waals surface area contributed by atoms with Gasteiger partial charge in [0.2, 0.25) is 0 Å². The normalized spacial score (nSPS) is 11.9. The van der Waals surface area contributed by atoms with E-state index < -0.39 is 0 Å². The van der Waals surface area contributed by atoms with Gasteiger partial charge in [0.15, 0.2) is 17.0 Å². The number of nitrogens with one attached hydrogen (secondary N) is 1. The van der Waals surface area contributed by atoms with E-state index in [0.717, 1.165) is 0 Å². The number of fused-ring (bicyclic) bond motifs is 1. The van der Waals surface area contributed by atoms with E-state index in [1.807, 2.05) is 18.4 Å². The van der Waals surface area contributed by atoms with E-state index in [-0.39, 0.29) is 11.9 Å². The number of aromatic nitrogens is 4. The maximum Gasteiger partial charge on any atom is 0.252 e. The van der Waals surface area contributed by atoms with Crippen molar-refractivity contribution in [1.29, 1.82) is 0 Å². The van der Waals surface area contributed by atoms with Crippen LogP contribution in [0.5, 0.6) is 0 Å². The molecule has 104 valence electrons. The Bertz CT molecular complexity index is 684. The van der Waals surface area contributed by atoms with Crippen LogP contribution < -0.4 is 5.32 Å². The summed E-state index contributed by atoms with van der Waals surface area (Å²) in [6.45, 7) is 9.36. The predicted octanol–water partition coefficient (Wildman–Crippen LogP) is 2.48. The average molecular weight is 271 g/mol. The van der Waals surface area contributed by atoms with Crippen molar-refractivity contribution in [3.05, 3.63) is 37.0 Å². The molecule has 0 spiro atoms. The van der Waals surface area contributed by atoms with Crippen LogP contribution in [0.4, 0.5) is 5.82 Å². The smallest absolute Gasteiger partial charge is 0.252 e. The van der Waals surface area contributed by atoms with E-state index in [1.54, 1.807) is 25.4 Å². The number of rotatable bonds is 4. The third-order valence-corrected chi connectivity index (χ3v) is 2.87. The molecule has 1 amide bonds. The Balaban J connectivity index is 2.39. The molecule has 0 aliphatic carbocycles. The lowest BCUT2D eigenvalue weighted by Gasteiger charge is -2.08. The summed E-state index contributed by atoms with van der Waals surface area (Å²) in [5.74, 6) is 0.181. The van der Waals surface area contributed by atoms with Crippen LogP contribution in [0.3, 0.4) is 0 Å². The third-order valence-electron chi connectivity index (χ3n) is 2.87. The van der Waals surface area contributed by atoms with Crippen LogP contribution in [0.2, 0.25) is 0 Å². The number of carbonyl (C=O) groups is 1. The van der Waals surface area contributed by atoms with Crippen molar-refractivity contribution < 1.29 is 4.79 Å². The number of allylic oxidation sites excluding steroid dienone is 2. The fourth-order valence-electron chi connectivity index (χ4n) is 1.78. The molecule has 0 atom stereocenters. The number of imidazole rings is 1. The Morgan fingerprint density at radius 1 is 1.40 bits per heavy atom. The van der Waals surface area contributed by atoms with E-state index in [0.29, 0.717) is 22.6 Å². The number of carbonyl (C=O) groups excluding carboxylic acids is 1. The summed E-state index contributed by atoms with van der Waals surface area (Å²) in [6.07, 6.45) is 6.33. The molecule has 6 heteroatoms. The van der Waals surface area contributed by atoms with Crippen LogP contribution >= 0.6 is 0 Å². The van der Waals surface area contributed by atoms with Gasteiger partial charge in [-0.1, -0.05) is 18.7 Å². The van der Waals surface area contributed by atoms with Crippen LogP contribution in [0.1, 0.15) is 26.8 Å². The predicted molar refractivity (Wildman–Crippen MR) is 78.3 cm³/mol. The van der Waals surface area contributed by atoms with E-state index in [1.165, 1.54) is 6.33 Å². The molecule has 0 fully saturated rings. The molecule has 0 aliphatic heterocycles. The lowest BCUT2D eigenvalue weighted by molar-refractivity contribution is -0.112. The minimum atomic E-state index is -0.232. The number of amides is 1. The molecule has 0 aliphatic rings. The number of anilines is 1. The molecule has 0 aromatic carbocycles. The van der Waals surface area contributed by atoms with Crippen LogP contribution in [0, 0.1) is 0 Å². The van der Waals surface area contributed by atoms with Crippen LogP contribution in [0.15, 0.2) is 37.0 Å². The quantitative estimate of drug-likeness (QED) is 0.685. The summed E-state index contributed by atoms with van der Waals surface area (Å²) in [6, 6.07) is 0.237. The first-order chi connectivity index (χ1) is 9.54. The summed E-state index contributed by atoms with van der Waals surface area (Å²) in [4.78, 5) is 24.6. The second-order valence-corrected chi connectivity index (χ2v) is 4.68. The summed E-state index contributed by atoms with van der Waals surface area (Å²) in [7, 11) is 0. The summed E-state index contributed by atoms with van der Waals surface area (Å²) >= 11 is 0. The first kappa shape index (κ1) is 13.9. The van der Waals surface area contributed by atoms with Gasteiger partial charge in [-0.2, -0.15) is 0 Å². The second-order valence-electron chi connectivity index (χ2n) is 4.68. The lowest BCUT2D eigenvalue weighted by Crippen LogP contribution is -2.14. The molecule has 2 heterocycles. The molecular formula is C14H17N5O. The standard InChI is InChI=1S/C14H17N5O/c1-5-6-10(4)14(20)18-12-11-13(16-7-15-12)19(8-17-11)9(2)3/h5-9H,1H2,2-4H3,(H,15,16,18,20)/b10-6+. The number of hydrogen-bond donors (Lipinski definition) is 1. The maximum atomic E-state index is 12.0. The highest BCUT2D eigenvalue weighted by molar-refractivity contribution is 6.06. The lowest BCUT2D eigenvalue weighted by atomic mass is 10.2. The van der Waals surface area contributed by atoms with Gasteiger partial charge in [-0.05, 0) is 20.8 Å². The van der Waals surface area contributed by atoms with Gasteiger partial charge in [0.05, 0.1) is 6.33 Å². The van der Waals surface area contributed by atoms with Crippen molar-refractivity contribution in [3.8, 4) is 0 Å².